The number of nitrogens with one attached hydrogen (secondary N) is 1. The van der Waals surface area contributed by atoms with Gasteiger partial charge in [0, 0.05) is 12.1 Å². The van der Waals surface area contributed by atoms with Gasteiger partial charge in [-0.25, -0.2) is 0 Å². The number of benzene rings is 2. The van der Waals surface area contributed by atoms with Crippen molar-refractivity contribution >= 4 is 17.7 Å². The van der Waals surface area contributed by atoms with Crippen LogP contribution in [-0.2, 0) is 11.3 Å². The molecule has 8 heteroatoms. The minimum atomic E-state index is -2.99. The summed E-state index contributed by atoms with van der Waals surface area (Å²) in [5, 5.41) is 2.63. The van der Waals surface area contributed by atoms with Gasteiger partial charge >= 0.3 is 6.61 Å². The third-order valence-electron chi connectivity index (χ3n) is 4.65. The van der Waals surface area contributed by atoms with E-state index in [0.717, 1.165) is 4.90 Å². The number of hydrogen-bond donors (Lipinski definition) is 1. The third kappa shape index (κ3) is 4.11. The Kier molecular flexibility index (Phi) is 5.91. The van der Waals surface area contributed by atoms with Crippen LogP contribution in [0.1, 0.15) is 40.1 Å². The summed E-state index contributed by atoms with van der Waals surface area (Å²) < 4.78 is 29.6. The minimum absolute atomic E-state index is 0.0513. The van der Waals surface area contributed by atoms with Crippen LogP contribution in [0.3, 0.4) is 0 Å². The average Bonchev–Trinajstić information content (AvgIpc) is 2.92. The molecule has 6 nitrogen and oxygen atoms in total. The van der Waals surface area contributed by atoms with E-state index in [2.05, 4.69) is 10.1 Å². The first-order valence-corrected chi connectivity index (χ1v) is 9.08. The highest BCUT2D eigenvalue weighted by Crippen LogP contribution is 2.27. The molecule has 152 valence electrons. The monoisotopic (exact) mass is 402 g/mol. The van der Waals surface area contributed by atoms with Gasteiger partial charge in [-0.3, -0.25) is 19.3 Å². The number of rotatable bonds is 7. The smallest absolute Gasteiger partial charge is 0.387 e. The zero-order chi connectivity index (χ0) is 21.1. The fraction of sp³-hybridized carbons (Fsp3) is 0.286. The molecule has 0 aliphatic carbocycles. The van der Waals surface area contributed by atoms with Gasteiger partial charge in [-0.05, 0) is 24.1 Å². The molecule has 1 atom stereocenters. The summed E-state index contributed by atoms with van der Waals surface area (Å²) in [4.78, 5) is 39.3. The topological polar surface area (TPSA) is 75.7 Å². The quantitative estimate of drug-likeness (QED) is 0.722. The van der Waals surface area contributed by atoms with Crippen LogP contribution in [-0.4, -0.2) is 35.3 Å². The maximum absolute atomic E-state index is 12.9. The van der Waals surface area contributed by atoms with Gasteiger partial charge in [-0.1, -0.05) is 44.2 Å². The Morgan fingerprint density at radius 1 is 1.00 bits per heavy atom. The number of para-hydroxylation sites is 1. The molecule has 0 saturated carbocycles. The molecular formula is C21H20F2N2O4. The molecular weight excluding hydrogens is 382 g/mol. The second kappa shape index (κ2) is 8.38. The lowest BCUT2D eigenvalue weighted by molar-refractivity contribution is -0.126. The van der Waals surface area contributed by atoms with E-state index in [1.54, 1.807) is 56.3 Å². The highest BCUT2D eigenvalue weighted by molar-refractivity contribution is 6.22. The summed E-state index contributed by atoms with van der Waals surface area (Å²) in [7, 11) is 0. The highest BCUT2D eigenvalue weighted by atomic mass is 19.3. The van der Waals surface area contributed by atoms with Gasteiger partial charge in [0.2, 0.25) is 5.91 Å². The lowest BCUT2D eigenvalue weighted by Crippen LogP contribution is -2.52. The van der Waals surface area contributed by atoms with Gasteiger partial charge in [-0.15, -0.1) is 0 Å². The van der Waals surface area contributed by atoms with Gasteiger partial charge in [0.05, 0.1) is 11.1 Å². The first-order chi connectivity index (χ1) is 13.8. The number of carbonyl (C=O) groups is 3. The van der Waals surface area contributed by atoms with Crippen molar-refractivity contribution in [2.45, 2.75) is 33.0 Å². The Labute approximate surface area is 166 Å². The van der Waals surface area contributed by atoms with Gasteiger partial charge < -0.3 is 10.1 Å². The van der Waals surface area contributed by atoms with Crippen LogP contribution in [0, 0.1) is 5.92 Å². The standard InChI is InChI=1S/C21H20F2N2O4/c1-12(2)17(25-19(27)14-8-4-5-9-15(14)20(25)28)18(26)24-11-13-7-3-6-10-16(13)29-21(22)23/h3-10,12,17,21H,11H2,1-2H3,(H,24,26)/t17-/m0/s1. The molecule has 3 amide bonds. The molecule has 1 aliphatic heterocycles. The van der Waals surface area contributed by atoms with Crippen LogP contribution < -0.4 is 10.1 Å². The zero-order valence-electron chi connectivity index (χ0n) is 15.9. The number of carbonyl (C=O) groups excluding carboxylic acids is 3. The SMILES string of the molecule is CC(C)[C@@H](C(=O)NCc1ccccc1OC(F)F)N1C(=O)c2ccccc2C1=O. The number of halogens is 2. The predicted molar refractivity (Wildman–Crippen MR) is 100 cm³/mol. The van der Waals surface area contributed by atoms with Gasteiger partial charge in [0.25, 0.3) is 11.8 Å². The van der Waals surface area contributed by atoms with Crippen molar-refractivity contribution in [2.24, 2.45) is 5.92 Å². The summed E-state index contributed by atoms with van der Waals surface area (Å²) in [6, 6.07) is 11.4. The summed E-state index contributed by atoms with van der Waals surface area (Å²) in [6.45, 7) is 0.367. The van der Waals surface area contributed by atoms with Gasteiger partial charge in [-0.2, -0.15) is 8.78 Å². The number of imide groups is 1. The molecule has 3 rings (SSSR count). The van der Waals surface area contributed by atoms with Crippen LogP contribution in [0.4, 0.5) is 8.78 Å². The maximum atomic E-state index is 12.9. The minimum Gasteiger partial charge on any atom is -0.434 e. The van der Waals surface area contributed by atoms with Crippen molar-refractivity contribution in [3.8, 4) is 5.75 Å². The summed E-state index contributed by atoms with van der Waals surface area (Å²) in [5.41, 5.74) is 0.865. The van der Waals surface area contributed by atoms with E-state index in [1.165, 1.54) is 6.07 Å². The van der Waals surface area contributed by atoms with Crippen molar-refractivity contribution in [3.05, 3.63) is 65.2 Å². The van der Waals surface area contributed by atoms with E-state index in [1.807, 2.05) is 0 Å². The summed E-state index contributed by atoms with van der Waals surface area (Å²) in [5.74, 6) is -2.02. The Bertz CT molecular complexity index is 911. The summed E-state index contributed by atoms with van der Waals surface area (Å²) >= 11 is 0. The third-order valence-corrected chi connectivity index (χ3v) is 4.65. The van der Waals surface area contributed by atoms with Crippen molar-refractivity contribution < 1.29 is 27.9 Å². The second-order valence-corrected chi connectivity index (χ2v) is 6.92. The Balaban J connectivity index is 1.79. The fourth-order valence-electron chi connectivity index (χ4n) is 3.33. The van der Waals surface area contributed by atoms with Crippen LogP contribution in [0.15, 0.2) is 48.5 Å². The number of fused-ring (bicyclic) bond motifs is 1. The largest absolute Gasteiger partial charge is 0.434 e. The van der Waals surface area contributed by atoms with Gasteiger partial charge in [0.1, 0.15) is 11.8 Å². The molecule has 1 N–H and O–H groups in total. The number of hydrogen-bond acceptors (Lipinski definition) is 4. The number of alkyl halides is 2. The zero-order valence-corrected chi connectivity index (χ0v) is 15.9. The first kappa shape index (κ1) is 20.4. The van der Waals surface area contributed by atoms with Crippen molar-refractivity contribution in [2.75, 3.05) is 0 Å². The van der Waals surface area contributed by atoms with Crippen LogP contribution in [0.2, 0.25) is 0 Å². The van der Waals surface area contributed by atoms with E-state index < -0.39 is 30.4 Å². The number of ether oxygens (including phenoxy) is 1. The van der Waals surface area contributed by atoms with Gasteiger partial charge in [0.15, 0.2) is 0 Å². The van der Waals surface area contributed by atoms with Crippen molar-refractivity contribution in [3.63, 3.8) is 0 Å². The molecule has 29 heavy (non-hydrogen) atoms. The van der Waals surface area contributed by atoms with E-state index in [4.69, 9.17) is 0 Å². The molecule has 0 unspecified atom stereocenters. The maximum Gasteiger partial charge on any atom is 0.387 e. The number of nitrogens with zero attached hydrogens (tertiary/aromatic N) is 1. The Hall–Kier alpha value is -3.29. The predicted octanol–water partition coefficient (Wildman–Crippen LogP) is 3.23. The average molecular weight is 402 g/mol. The van der Waals surface area contributed by atoms with Crippen LogP contribution in [0.25, 0.3) is 0 Å². The Morgan fingerprint density at radius 3 is 2.10 bits per heavy atom. The molecule has 1 heterocycles. The molecule has 0 radical (unpaired) electrons. The van der Waals surface area contributed by atoms with Crippen molar-refractivity contribution in [1.29, 1.82) is 0 Å². The lowest BCUT2D eigenvalue weighted by atomic mass is 10.0. The molecule has 2 aromatic carbocycles. The molecule has 0 saturated heterocycles. The molecule has 0 spiro atoms. The normalized spacial score (nSPS) is 14.3. The van der Waals surface area contributed by atoms with E-state index in [-0.39, 0.29) is 29.3 Å². The fourth-order valence-corrected chi connectivity index (χ4v) is 3.33. The highest BCUT2D eigenvalue weighted by Gasteiger charge is 2.43. The van der Waals surface area contributed by atoms with Crippen LogP contribution >= 0.6 is 0 Å². The van der Waals surface area contributed by atoms with E-state index in [0.29, 0.717) is 5.56 Å². The molecule has 0 fully saturated rings. The van der Waals surface area contributed by atoms with E-state index in [9.17, 15) is 23.2 Å². The molecule has 0 aromatic heterocycles. The Morgan fingerprint density at radius 2 is 1.55 bits per heavy atom. The lowest BCUT2D eigenvalue weighted by Gasteiger charge is -2.28. The second-order valence-electron chi connectivity index (χ2n) is 6.92. The molecule has 0 bridgehead atoms. The van der Waals surface area contributed by atoms with Crippen LogP contribution in [0.5, 0.6) is 5.75 Å². The van der Waals surface area contributed by atoms with E-state index >= 15 is 0 Å². The van der Waals surface area contributed by atoms with Crippen molar-refractivity contribution in [1.82, 2.24) is 10.2 Å². The first-order valence-electron chi connectivity index (χ1n) is 9.08. The number of amides is 3. The molecule has 1 aliphatic rings. The summed E-state index contributed by atoms with van der Waals surface area (Å²) in [6.07, 6.45) is 0. The molecule has 2 aromatic rings.